The molecule has 2 heterocycles. The average Bonchev–Trinajstić information content (AvgIpc) is 2.94. The van der Waals surface area contributed by atoms with Crippen molar-refractivity contribution >= 4 is 28.4 Å². The lowest BCUT2D eigenvalue weighted by molar-refractivity contribution is -0.529. The second-order valence-corrected chi connectivity index (χ2v) is 6.93. The summed E-state index contributed by atoms with van der Waals surface area (Å²) in [6, 6.07) is 21.4. The number of fused-ring (bicyclic) bond motifs is 5. The molecule has 4 aromatic rings. The van der Waals surface area contributed by atoms with Crippen molar-refractivity contribution in [3.63, 3.8) is 0 Å². The van der Waals surface area contributed by atoms with Gasteiger partial charge in [0.15, 0.2) is 5.69 Å². The molecule has 1 aromatic heterocycles. The minimum Gasteiger partial charge on any atom is -0.240 e. The Labute approximate surface area is 155 Å². The van der Waals surface area contributed by atoms with Crippen molar-refractivity contribution in [3.05, 3.63) is 82.9 Å². The topological polar surface area (TPSA) is 33.8 Å². The molecule has 26 heavy (non-hydrogen) atoms. The van der Waals surface area contributed by atoms with Crippen LogP contribution < -0.4 is 4.57 Å². The Balaban J connectivity index is 1.92. The van der Waals surface area contributed by atoms with E-state index in [0.717, 1.165) is 33.3 Å². The van der Waals surface area contributed by atoms with Crippen LogP contribution in [0.1, 0.15) is 15.9 Å². The molecule has 0 aliphatic carbocycles. The van der Waals surface area contributed by atoms with E-state index in [-0.39, 0.29) is 5.91 Å². The van der Waals surface area contributed by atoms with E-state index in [1.165, 1.54) is 0 Å². The van der Waals surface area contributed by atoms with Crippen LogP contribution in [0, 0.1) is 6.92 Å². The number of carbonyl (C=O) groups is 1. The molecule has 0 saturated carbocycles. The summed E-state index contributed by atoms with van der Waals surface area (Å²) < 4.78 is 1.72. The third kappa shape index (κ3) is 2.11. The van der Waals surface area contributed by atoms with Gasteiger partial charge in [-0.15, -0.1) is 0 Å². The maximum absolute atomic E-state index is 13.0. The lowest BCUT2D eigenvalue weighted by Gasteiger charge is -2.06. The van der Waals surface area contributed by atoms with E-state index in [9.17, 15) is 4.79 Å². The number of hydrogen-bond acceptors (Lipinski definition) is 2. The molecule has 0 fully saturated rings. The van der Waals surface area contributed by atoms with Gasteiger partial charge in [-0.25, -0.2) is 4.79 Å². The molecule has 0 radical (unpaired) electrons. The molecule has 1 aliphatic heterocycles. The first-order valence-corrected chi connectivity index (χ1v) is 8.78. The molecule has 0 bridgehead atoms. The van der Waals surface area contributed by atoms with E-state index in [1.54, 1.807) is 4.57 Å². The minimum atomic E-state index is -0.0281. The lowest BCUT2D eigenvalue weighted by Crippen LogP contribution is -2.42. The van der Waals surface area contributed by atoms with Gasteiger partial charge in [0, 0.05) is 10.6 Å². The Morgan fingerprint density at radius 1 is 0.923 bits per heavy atom. The van der Waals surface area contributed by atoms with Crippen molar-refractivity contribution in [1.82, 2.24) is 4.98 Å². The van der Waals surface area contributed by atoms with Crippen molar-refractivity contribution in [2.24, 2.45) is 0 Å². The predicted octanol–water partition coefficient (Wildman–Crippen LogP) is 4.82. The van der Waals surface area contributed by atoms with Crippen LogP contribution in [-0.4, -0.2) is 10.9 Å². The predicted molar refractivity (Wildman–Crippen MR) is 102 cm³/mol. The Morgan fingerprint density at radius 2 is 1.65 bits per heavy atom. The summed E-state index contributed by atoms with van der Waals surface area (Å²) in [6.07, 6.45) is 0. The highest BCUT2D eigenvalue weighted by Gasteiger charge is 2.38. The summed E-state index contributed by atoms with van der Waals surface area (Å²) in [5, 5.41) is 1.64. The fourth-order valence-electron chi connectivity index (χ4n) is 3.56. The van der Waals surface area contributed by atoms with Crippen molar-refractivity contribution in [2.45, 2.75) is 6.92 Å². The highest BCUT2D eigenvalue weighted by atomic mass is 35.5. The Hall–Kier alpha value is -3.04. The van der Waals surface area contributed by atoms with Gasteiger partial charge in [-0.1, -0.05) is 35.4 Å². The summed E-state index contributed by atoms with van der Waals surface area (Å²) in [7, 11) is 0. The molecule has 0 saturated heterocycles. The number of benzene rings is 3. The quantitative estimate of drug-likeness (QED) is 0.403. The zero-order valence-electron chi connectivity index (χ0n) is 14.0. The van der Waals surface area contributed by atoms with Crippen LogP contribution in [-0.2, 0) is 0 Å². The summed E-state index contributed by atoms with van der Waals surface area (Å²) in [5.74, 6) is 0.659. The van der Waals surface area contributed by atoms with Crippen LogP contribution in [0.25, 0.3) is 33.5 Å². The molecule has 0 N–H and O–H groups in total. The number of aryl methyl sites for hydroxylation is 1. The summed E-state index contributed by atoms with van der Waals surface area (Å²) >= 11 is 6.05. The second kappa shape index (κ2) is 5.48. The molecule has 0 unspecified atom stereocenters. The molecule has 5 rings (SSSR count). The minimum absolute atomic E-state index is 0.0281. The first-order valence-electron chi connectivity index (χ1n) is 8.40. The van der Waals surface area contributed by atoms with Crippen LogP contribution in [0.5, 0.6) is 0 Å². The highest BCUT2D eigenvalue weighted by molar-refractivity contribution is 6.30. The van der Waals surface area contributed by atoms with E-state index >= 15 is 0 Å². The van der Waals surface area contributed by atoms with Crippen molar-refractivity contribution in [2.75, 3.05) is 0 Å². The Morgan fingerprint density at radius 3 is 2.42 bits per heavy atom. The zero-order chi connectivity index (χ0) is 17.8. The Kier molecular flexibility index (Phi) is 3.21. The van der Waals surface area contributed by atoms with Gasteiger partial charge in [-0.3, -0.25) is 0 Å². The van der Waals surface area contributed by atoms with Gasteiger partial charge in [0.25, 0.3) is 0 Å². The number of carbonyl (C=O) groups excluding carboxylic acids is 1. The van der Waals surface area contributed by atoms with Crippen LogP contribution in [0.2, 0.25) is 5.02 Å². The standard InChI is InChI=1S/C22H14ClN2O/c1-13-6-11-19-18(12-13)20(14-7-9-15(23)10-8-14)24-21-16-4-2-3-5-17(16)22(26)25(19)21/h2-12H,1H3/q+1. The van der Waals surface area contributed by atoms with E-state index in [1.807, 2.05) is 67.6 Å². The first kappa shape index (κ1) is 15.2. The SMILES string of the molecule is Cc1ccc2c(c1)c(-c1ccc(Cl)cc1)nc1[n+]2C(=O)c2ccccc2-1. The number of nitrogens with zero attached hydrogens (tertiary/aromatic N) is 2. The summed E-state index contributed by atoms with van der Waals surface area (Å²) in [4.78, 5) is 17.9. The van der Waals surface area contributed by atoms with E-state index in [2.05, 4.69) is 6.07 Å². The third-order valence-electron chi connectivity index (χ3n) is 4.80. The monoisotopic (exact) mass is 357 g/mol. The fraction of sp³-hybridized carbons (Fsp3) is 0.0455. The number of rotatable bonds is 1. The third-order valence-corrected chi connectivity index (χ3v) is 5.05. The molecule has 0 spiro atoms. The smallest absolute Gasteiger partial charge is 0.240 e. The summed E-state index contributed by atoms with van der Waals surface area (Å²) in [5.41, 5.74) is 5.39. The van der Waals surface area contributed by atoms with Crippen molar-refractivity contribution in [3.8, 4) is 22.6 Å². The van der Waals surface area contributed by atoms with Crippen LogP contribution in [0.15, 0.2) is 66.7 Å². The fourth-order valence-corrected chi connectivity index (χ4v) is 3.69. The molecular weight excluding hydrogens is 344 g/mol. The van der Waals surface area contributed by atoms with Gasteiger partial charge >= 0.3 is 11.7 Å². The van der Waals surface area contributed by atoms with Crippen molar-refractivity contribution < 1.29 is 9.36 Å². The summed E-state index contributed by atoms with van der Waals surface area (Å²) in [6.45, 7) is 2.04. The zero-order valence-corrected chi connectivity index (χ0v) is 14.8. The van der Waals surface area contributed by atoms with Gasteiger partial charge in [-0.2, -0.15) is 4.57 Å². The van der Waals surface area contributed by atoms with Crippen molar-refractivity contribution in [1.29, 1.82) is 0 Å². The van der Waals surface area contributed by atoms with Crippen LogP contribution in [0.4, 0.5) is 0 Å². The molecule has 4 heteroatoms. The molecule has 124 valence electrons. The van der Waals surface area contributed by atoms with Gasteiger partial charge in [0.05, 0.1) is 16.5 Å². The van der Waals surface area contributed by atoms with Gasteiger partial charge in [-0.05, 0) is 60.4 Å². The van der Waals surface area contributed by atoms with E-state index < -0.39 is 0 Å². The maximum Gasteiger partial charge on any atom is 0.347 e. The largest absolute Gasteiger partial charge is 0.347 e. The number of hydrogen-bond donors (Lipinski definition) is 0. The highest BCUT2D eigenvalue weighted by Crippen LogP contribution is 2.33. The first-order chi connectivity index (χ1) is 12.6. The average molecular weight is 358 g/mol. The molecule has 3 aromatic carbocycles. The van der Waals surface area contributed by atoms with Gasteiger partial charge in [0.1, 0.15) is 5.52 Å². The normalized spacial score (nSPS) is 12.3. The van der Waals surface area contributed by atoms with Crippen LogP contribution >= 0.6 is 11.6 Å². The van der Waals surface area contributed by atoms with Gasteiger partial charge in [0.2, 0.25) is 0 Å². The lowest BCUT2D eigenvalue weighted by atomic mass is 10.0. The molecule has 3 nitrogen and oxygen atoms in total. The van der Waals surface area contributed by atoms with E-state index in [0.29, 0.717) is 16.4 Å². The Bertz CT molecular complexity index is 1210. The number of halogens is 1. The number of aromatic nitrogens is 2. The molecule has 0 atom stereocenters. The maximum atomic E-state index is 13.0. The van der Waals surface area contributed by atoms with Crippen LogP contribution in [0.3, 0.4) is 0 Å². The van der Waals surface area contributed by atoms with Gasteiger partial charge < -0.3 is 0 Å². The molecular formula is C22H14ClN2O+. The molecule has 0 amide bonds. The second-order valence-electron chi connectivity index (χ2n) is 6.50. The van der Waals surface area contributed by atoms with E-state index in [4.69, 9.17) is 16.6 Å². The molecule has 1 aliphatic rings.